The molecule has 2 aromatic carbocycles. The number of aliphatic hydroxyl groups excluding tert-OH is 1. The molecule has 10 heteroatoms. The van der Waals surface area contributed by atoms with Crippen LogP contribution in [0.2, 0.25) is 0 Å². The van der Waals surface area contributed by atoms with Crippen molar-refractivity contribution in [3.63, 3.8) is 0 Å². The van der Waals surface area contributed by atoms with Crippen LogP contribution in [0.15, 0.2) is 65.3 Å². The van der Waals surface area contributed by atoms with Crippen molar-refractivity contribution in [2.45, 2.75) is 65.4 Å². The number of rotatable bonds is 13. The largest absolute Gasteiger partial charge is 0.445 e. The van der Waals surface area contributed by atoms with Crippen LogP contribution < -0.4 is 4.90 Å². The van der Waals surface area contributed by atoms with E-state index in [9.17, 15) is 9.90 Å². The van der Waals surface area contributed by atoms with Gasteiger partial charge in [-0.05, 0) is 80.8 Å². The molecular weight excluding hydrogens is 672 g/mol. The Morgan fingerprint density at radius 3 is 2.46 bits per heavy atom. The Labute approximate surface area is 291 Å². The quantitative estimate of drug-likeness (QED) is 0.154. The van der Waals surface area contributed by atoms with Gasteiger partial charge in [0.05, 0.1) is 42.1 Å². The zero-order valence-electron chi connectivity index (χ0n) is 28.5. The number of hydrogen-bond acceptors (Lipinski definition) is 7. The Bertz CT molecular complexity index is 1710. The molecule has 1 aliphatic heterocycles. The molecular formula is C38H47BrN4O5. The van der Waals surface area contributed by atoms with Crippen LogP contribution >= 0.6 is 15.9 Å². The molecule has 1 saturated heterocycles. The number of carbonyl (C=O) groups is 1. The molecule has 1 amide bonds. The van der Waals surface area contributed by atoms with Crippen molar-refractivity contribution in [1.29, 1.82) is 0 Å². The number of hydrogen-bond donors (Lipinski definition) is 1. The normalized spacial score (nSPS) is 16.5. The SMILES string of the molecule is CO[C@@H](C)c1ncc(N2CCN(C(=O)OCc3ccccc3)CC2)cc1-c1c(CC2(CO)CC2)c2cc(Br)ccc2n1CCOC(C)C. The van der Waals surface area contributed by atoms with Crippen molar-refractivity contribution < 1.29 is 24.1 Å². The first-order valence-corrected chi connectivity index (χ1v) is 17.8. The summed E-state index contributed by atoms with van der Waals surface area (Å²) in [5.74, 6) is 0. The highest BCUT2D eigenvalue weighted by Gasteiger charge is 2.43. The zero-order valence-corrected chi connectivity index (χ0v) is 30.0. The number of halogens is 1. The summed E-state index contributed by atoms with van der Waals surface area (Å²) in [5, 5.41) is 11.6. The Kier molecular flexibility index (Phi) is 10.7. The number of aromatic nitrogens is 2. The van der Waals surface area contributed by atoms with Crippen LogP contribution in [0.3, 0.4) is 0 Å². The first-order chi connectivity index (χ1) is 23.2. The molecule has 0 bridgehead atoms. The van der Waals surface area contributed by atoms with Gasteiger partial charge in [-0.1, -0.05) is 46.3 Å². The maximum Gasteiger partial charge on any atom is 0.410 e. The molecule has 2 fully saturated rings. The topological polar surface area (TPSA) is 89.3 Å². The fourth-order valence-electron chi connectivity index (χ4n) is 6.66. The predicted octanol–water partition coefficient (Wildman–Crippen LogP) is 7.37. The van der Waals surface area contributed by atoms with Crippen LogP contribution in [0.25, 0.3) is 22.2 Å². The number of carbonyl (C=O) groups excluding carboxylic acids is 1. The Hall–Kier alpha value is -3.44. The third kappa shape index (κ3) is 7.57. The van der Waals surface area contributed by atoms with E-state index in [1.807, 2.05) is 43.5 Å². The minimum absolute atomic E-state index is 0.103. The second kappa shape index (κ2) is 15.0. The molecule has 0 radical (unpaired) electrons. The van der Waals surface area contributed by atoms with E-state index in [0.29, 0.717) is 39.3 Å². The average molecular weight is 720 g/mol. The lowest BCUT2D eigenvalue weighted by Gasteiger charge is -2.35. The lowest BCUT2D eigenvalue weighted by molar-refractivity contribution is 0.0735. The van der Waals surface area contributed by atoms with Gasteiger partial charge in [0.1, 0.15) is 6.61 Å². The van der Waals surface area contributed by atoms with E-state index in [-0.39, 0.29) is 36.9 Å². The van der Waals surface area contributed by atoms with Gasteiger partial charge in [0, 0.05) is 67.4 Å². The number of amides is 1. The van der Waals surface area contributed by atoms with Crippen LogP contribution in [0, 0.1) is 5.41 Å². The molecule has 48 heavy (non-hydrogen) atoms. The molecule has 1 atom stereocenters. The molecule has 9 nitrogen and oxygen atoms in total. The third-order valence-corrected chi connectivity index (χ3v) is 10.2. The minimum Gasteiger partial charge on any atom is -0.445 e. The highest BCUT2D eigenvalue weighted by Crippen LogP contribution is 2.51. The summed E-state index contributed by atoms with van der Waals surface area (Å²) in [6.45, 7) is 10.3. The lowest BCUT2D eigenvalue weighted by atomic mass is 9.92. The van der Waals surface area contributed by atoms with Gasteiger partial charge in [-0.15, -0.1) is 0 Å². The second-order valence-electron chi connectivity index (χ2n) is 13.4. The maximum absolute atomic E-state index is 12.9. The second-order valence-corrected chi connectivity index (χ2v) is 14.3. The maximum atomic E-state index is 12.9. The minimum atomic E-state index is -0.289. The fraction of sp³-hybridized carbons (Fsp3) is 0.474. The molecule has 1 aliphatic carbocycles. The number of pyridine rings is 1. The average Bonchev–Trinajstić information content (AvgIpc) is 3.83. The number of nitrogens with zero attached hydrogens (tertiary/aromatic N) is 4. The summed E-state index contributed by atoms with van der Waals surface area (Å²) < 4.78 is 21.0. The van der Waals surface area contributed by atoms with E-state index in [0.717, 1.165) is 57.5 Å². The molecule has 1 N–H and O–H groups in total. The van der Waals surface area contributed by atoms with Gasteiger partial charge < -0.3 is 33.7 Å². The first-order valence-electron chi connectivity index (χ1n) is 17.0. The van der Waals surface area contributed by atoms with E-state index in [2.05, 4.69) is 63.5 Å². The van der Waals surface area contributed by atoms with Crippen LogP contribution in [-0.2, 0) is 33.8 Å². The Morgan fingerprint density at radius 1 is 1.04 bits per heavy atom. The summed E-state index contributed by atoms with van der Waals surface area (Å²) in [6, 6.07) is 18.5. The highest BCUT2D eigenvalue weighted by atomic mass is 79.9. The van der Waals surface area contributed by atoms with Crippen molar-refractivity contribution in [2.75, 3.05) is 51.4 Å². The number of fused-ring (bicyclic) bond motifs is 1. The van der Waals surface area contributed by atoms with Crippen LogP contribution in [0.5, 0.6) is 0 Å². The van der Waals surface area contributed by atoms with Crippen molar-refractivity contribution in [3.8, 4) is 11.3 Å². The molecule has 2 aromatic heterocycles. The number of aliphatic hydroxyl groups is 1. The molecule has 6 rings (SSSR count). The smallest absolute Gasteiger partial charge is 0.410 e. The Morgan fingerprint density at radius 2 is 1.79 bits per heavy atom. The molecule has 0 unspecified atom stereocenters. The zero-order chi connectivity index (χ0) is 33.8. The monoisotopic (exact) mass is 718 g/mol. The van der Waals surface area contributed by atoms with E-state index in [1.54, 1.807) is 12.0 Å². The summed E-state index contributed by atoms with van der Waals surface area (Å²) in [6.07, 6.45) is 4.32. The van der Waals surface area contributed by atoms with E-state index >= 15 is 0 Å². The summed E-state index contributed by atoms with van der Waals surface area (Å²) in [7, 11) is 1.72. The third-order valence-electron chi connectivity index (χ3n) is 9.75. The predicted molar refractivity (Wildman–Crippen MR) is 192 cm³/mol. The van der Waals surface area contributed by atoms with Crippen molar-refractivity contribution in [2.24, 2.45) is 5.41 Å². The van der Waals surface area contributed by atoms with Crippen molar-refractivity contribution in [3.05, 3.63) is 82.1 Å². The van der Waals surface area contributed by atoms with Gasteiger partial charge >= 0.3 is 6.09 Å². The van der Waals surface area contributed by atoms with Gasteiger partial charge in [0.2, 0.25) is 0 Å². The number of methoxy groups -OCH3 is 1. The standard InChI is InChI=1S/C38H47BrN4O5/c1-26(2)47-19-18-43-34-11-10-29(39)20-31(34)33(22-38(25-44)12-13-38)36(43)32-21-30(23-40-35(32)27(3)46-4)41-14-16-42(17-15-41)37(45)48-24-28-8-6-5-7-9-28/h5-11,20-21,23,26-27,44H,12-19,22,24-25H2,1-4H3/t27-/m0/s1. The van der Waals surface area contributed by atoms with Gasteiger partial charge in [0.15, 0.2) is 0 Å². The molecule has 4 aromatic rings. The van der Waals surface area contributed by atoms with Crippen LogP contribution in [0.1, 0.15) is 56.5 Å². The highest BCUT2D eigenvalue weighted by molar-refractivity contribution is 9.10. The molecule has 0 spiro atoms. The molecule has 3 heterocycles. The van der Waals surface area contributed by atoms with E-state index in [4.69, 9.17) is 19.2 Å². The van der Waals surface area contributed by atoms with Crippen molar-refractivity contribution in [1.82, 2.24) is 14.5 Å². The Balaban J connectivity index is 1.35. The van der Waals surface area contributed by atoms with E-state index in [1.165, 1.54) is 10.9 Å². The van der Waals surface area contributed by atoms with Gasteiger partial charge in [0.25, 0.3) is 0 Å². The summed E-state index contributed by atoms with van der Waals surface area (Å²) in [5.41, 5.74) is 7.21. The van der Waals surface area contributed by atoms with Gasteiger partial charge in [-0.3, -0.25) is 4.98 Å². The fourth-order valence-corrected chi connectivity index (χ4v) is 7.02. The summed E-state index contributed by atoms with van der Waals surface area (Å²) >= 11 is 3.73. The van der Waals surface area contributed by atoms with E-state index < -0.39 is 0 Å². The van der Waals surface area contributed by atoms with Gasteiger partial charge in [-0.25, -0.2) is 4.79 Å². The van der Waals surface area contributed by atoms with Crippen LogP contribution in [-0.4, -0.2) is 78.3 Å². The number of anilines is 1. The molecule has 256 valence electrons. The lowest BCUT2D eigenvalue weighted by Crippen LogP contribution is -2.49. The number of piperazine rings is 1. The molecule has 2 aliphatic rings. The number of benzene rings is 2. The van der Waals surface area contributed by atoms with Crippen LogP contribution in [0.4, 0.5) is 10.5 Å². The van der Waals surface area contributed by atoms with Crippen molar-refractivity contribution >= 4 is 38.6 Å². The number of ether oxygens (including phenoxy) is 3. The first kappa shape index (κ1) is 34.4. The van der Waals surface area contributed by atoms with Gasteiger partial charge in [-0.2, -0.15) is 0 Å². The summed E-state index contributed by atoms with van der Waals surface area (Å²) in [4.78, 5) is 22.0. The molecule has 1 saturated carbocycles.